The molecule has 0 bridgehead atoms. The van der Waals surface area contributed by atoms with Gasteiger partial charge in [-0.05, 0) is 24.1 Å². The van der Waals surface area contributed by atoms with Crippen molar-refractivity contribution < 1.29 is 9.59 Å². The van der Waals surface area contributed by atoms with Crippen molar-refractivity contribution in [3.8, 4) is 0 Å². The van der Waals surface area contributed by atoms with Crippen LogP contribution < -0.4 is 10.2 Å². The Morgan fingerprint density at radius 1 is 1.35 bits per heavy atom. The predicted octanol–water partition coefficient (Wildman–Crippen LogP) is 2.32. The summed E-state index contributed by atoms with van der Waals surface area (Å²) in [5, 5.41) is 2.77. The van der Waals surface area contributed by atoms with Gasteiger partial charge in [-0.1, -0.05) is 15.9 Å². The molecule has 0 fully saturated rings. The molecule has 4 nitrogen and oxygen atoms in total. The number of fused-ring (bicyclic) bond motifs is 1. The first-order valence-corrected chi connectivity index (χ1v) is 6.16. The number of amides is 2. The Bertz CT molecular complexity index is 500. The average Bonchev–Trinajstić information content (AvgIpc) is 2.59. The molecule has 1 N–H and O–H groups in total. The summed E-state index contributed by atoms with van der Waals surface area (Å²) >= 11 is 3.41. The second kappa shape index (κ2) is 4.49. The number of carbonyl (C=O) groups excluding carboxylic acids is 2. The Kier molecular flexibility index (Phi) is 3.19. The zero-order valence-electron chi connectivity index (χ0n) is 9.71. The monoisotopic (exact) mass is 296 g/mol. The minimum atomic E-state index is -0.138. The number of nitrogens with zero attached hydrogens (tertiary/aromatic N) is 1. The molecular weight excluding hydrogens is 284 g/mol. The number of anilines is 2. The lowest BCUT2D eigenvalue weighted by molar-refractivity contribution is -0.116. The number of hydrogen-bond acceptors (Lipinski definition) is 2. The topological polar surface area (TPSA) is 49.4 Å². The molecule has 2 rings (SSSR count). The molecule has 0 saturated heterocycles. The molecule has 0 spiro atoms. The van der Waals surface area contributed by atoms with Crippen LogP contribution >= 0.6 is 15.9 Å². The van der Waals surface area contributed by atoms with Gasteiger partial charge in [0.1, 0.15) is 0 Å². The first-order chi connectivity index (χ1) is 7.99. The molecule has 0 atom stereocenters. The first-order valence-electron chi connectivity index (χ1n) is 5.37. The van der Waals surface area contributed by atoms with Gasteiger partial charge < -0.3 is 10.2 Å². The Labute approximate surface area is 108 Å². The van der Waals surface area contributed by atoms with Crippen molar-refractivity contribution in [1.82, 2.24) is 0 Å². The number of rotatable bonds is 1. The lowest BCUT2D eigenvalue weighted by Gasteiger charge is -2.19. The second-order valence-electron chi connectivity index (χ2n) is 4.06. The third kappa shape index (κ3) is 2.34. The lowest BCUT2D eigenvalue weighted by atomic mass is 10.1. The molecule has 1 aromatic rings. The van der Waals surface area contributed by atoms with Crippen LogP contribution in [0.3, 0.4) is 0 Å². The highest BCUT2D eigenvalue weighted by molar-refractivity contribution is 9.10. The van der Waals surface area contributed by atoms with Crippen molar-refractivity contribution in [2.75, 3.05) is 16.8 Å². The van der Waals surface area contributed by atoms with Gasteiger partial charge in [-0.2, -0.15) is 0 Å². The van der Waals surface area contributed by atoms with Crippen molar-refractivity contribution in [2.24, 2.45) is 0 Å². The Morgan fingerprint density at radius 3 is 2.65 bits per heavy atom. The van der Waals surface area contributed by atoms with E-state index in [1.807, 2.05) is 12.1 Å². The normalized spacial score (nSPS) is 13.5. The minimum absolute atomic E-state index is 0.00215. The Morgan fingerprint density at radius 2 is 2.06 bits per heavy atom. The molecular formula is C12H13BrN2O2. The van der Waals surface area contributed by atoms with Crippen LogP contribution in [-0.2, 0) is 16.0 Å². The SMILES string of the molecule is CC(=O)Nc1cc(Br)cc2c1N(C(C)=O)CC2. The Balaban J connectivity index is 2.51. The van der Waals surface area contributed by atoms with Gasteiger partial charge in [0.2, 0.25) is 11.8 Å². The number of benzene rings is 1. The quantitative estimate of drug-likeness (QED) is 0.865. The third-order valence-corrected chi connectivity index (χ3v) is 3.18. The fraction of sp³-hybridized carbons (Fsp3) is 0.333. The van der Waals surface area contributed by atoms with E-state index in [0.29, 0.717) is 12.2 Å². The van der Waals surface area contributed by atoms with Crippen LogP contribution in [0.4, 0.5) is 11.4 Å². The van der Waals surface area contributed by atoms with Gasteiger partial charge in [0, 0.05) is 24.9 Å². The summed E-state index contributed by atoms with van der Waals surface area (Å²) < 4.78 is 0.908. The summed E-state index contributed by atoms with van der Waals surface area (Å²) in [5.41, 5.74) is 2.60. The van der Waals surface area contributed by atoms with E-state index in [2.05, 4.69) is 21.2 Å². The van der Waals surface area contributed by atoms with Crippen molar-refractivity contribution in [1.29, 1.82) is 0 Å². The van der Waals surface area contributed by atoms with Crippen LogP contribution in [0.15, 0.2) is 16.6 Å². The largest absolute Gasteiger partial charge is 0.324 e. The zero-order valence-corrected chi connectivity index (χ0v) is 11.3. The van der Waals surface area contributed by atoms with E-state index in [1.54, 1.807) is 4.90 Å². The molecule has 0 aromatic heterocycles. The molecule has 1 aliphatic heterocycles. The van der Waals surface area contributed by atoms with Gasteiger partial charge in [0.25, 0.3) is 0 Å². The average molecular weight is 297 g/mol. The van der Waals surface area contributed by atoms with Crippen LogP contribution in [0, 0.1) is 0 Å². The van der Waals surface area contributed by atoms with Crippen LogP contribution in [0.5, 0.6) is 0 Å². The summed E-state index contributed by atoms with van der Waals surface area (Å²) in [5.74, 6) is -0.140. The molecule has 1 aliphatic rings. The molecule has 5 heteroatoms. The molecule has 0 unspecified atom stereocenters. The van der Waals surface area contributed by atoms with Crippen LogP contribution in [0.25, 0.3) is 0 Å². The van der Waals surface area contributed by atoms with Gasteiger partial charge in [-0.3, -0.25) is 9.59 Å². The van der Waals surface area contributed by atoms with Crippen molar-refractivity contribution in [3.05, 3.63) is 22.2 Å². The molecule has 90 valence electrons. The van der Waals surface area contributed by atoms with Gasteiger partial charge >= 0.3 is 0 Å². The molecule has 0 aliphatic carbocycles. The smallest absolute Gasteiger partial charge is 0.223 e. The summed E-state index contributed by atoms with van der Waals surface area (Å²) in [4.78, 5) is 24.4. The van der Waals surface area contributed by atoms with E-state index in [1.165, 1.54) is 13.8 Å². The van der Waals surface area contributed by atoms with E-state index in [0.717, 1.165) is 22.1 Å². The van der Waals surface area contributed by atoms with Crippen LogP contribution in [0.1, 0.15) is 19.4 Å². The van der Waals surface area contributed by atoms with E-state index in [-0.39, 0.29) is 11.8 Å². The van der Waals surface area contributed by atoms with E-state index < -0.39 is 0 Å². The predicted molar refractivity (Wildman–Crippen MR) is 70.2 cm³/mol. The van der Waals surface area contributed by atoms with Gasteiger partial charge in [0.15, 0.2) is 0 Å². The first kappa shape index (κ1) is 12.1. The fourth-order valence-electron chi connectivity index (χ4n) is 2.11. The standard InChI is InChI=1S/C12H13BrN2O2/c1-7(16)14-11-6-10(13)5-9-3-4-15(8(2)17)12(9)11/h5-6H,3-4H2,1-2H3,(H,14,16). The van der Waals surface area contributed by atoms with E-state index >= 15 is 0 Å². The molecule has 1 aromatic carbocycles. The highest BCUT2D eigenvalue weighted by Crippen LogP contribution is 2.38. The summed E-state index contributed by atoms with van der Waals surface area (Å²) in [7, 11) is 0. The van der Waals surface area contributed by atoms with Crippen LogP contribution in [0.2, 0.25) is 0 Å². The molecule has 0 radical (unpaired) electrons. The molecule has 1 heterocycles. The van der Waals surface area contributed by atoms with Crippen LogP contribution in [-0.4, -0.2) is 18.4 Å². The van der Waals surface area contributed by atoms with Crippen molar-refractivity contribution in [2.45, 2.75) is 20.3 Å². The van der Waals surface area contributed by atoms with Gasteiger partial charge in [-0.25, -0.2) is 0 Å². The number of hydrogen-bond donors (Lipinski definition) is 1. The van der Waals surface area contributed by atoms with Crippen molar-refractivity contribution >= 4 is 39.1 Å². The summed E-state index contributed by atoms with van der Waals surface area (Å²) in [6.45, 7) is 3.67. The van der Waals surface area contributed by atoms with E-state index in [9.17, 15) is 9.59 Å². The lowest BCUT2D eigenvalue weighted by Crippen LogP contribution is -2.26. The number of nitrogens with one attached hydrogen (secondary N) is 1. The maximum atomic E-state index is 11.5. The molecule has 2 amide bonds. The summed E-state index contributed by atoms with van der Waals surface area (Å²) in [6, 6.07) is 3.81. The van der Waals surface area contributed by atoms with Gasteiger partial charge in [0.05, 0.1) is 11.4 Å². The fourth-order valence-corrected chi connectivity index (χ4v) is 2.61. The highest BCUT2D eigenvalue weighted by Gasteiger charge is 2.26. The highest BCUT2D eigenvalue weighted by atomic mass is 79.9. The Hall–Kier alpha value is -1.36. The third-order valence-electron chi connectivity index (χ3n) is 2.72. The van der Waals surface area contributed by atoms with Crippen molar-refractivity contribution in [3.63, 3.8) is 0 Å². The number of carbonyl (C=O) groups is 2. The zero-order chi connectivity index (χ0) is 12.6. The van der Waals surface area contributed by atoms with E-state index in [4.69, 9.17) is 0 Å². The maximum absolute atomic E-state index is 11.5. The maximum Gasteiger partial charge on any atom is 0.223 e. The summed E-state index contributed by atoms with van der Waals surface area (Å²) in [6.07, 6.45) is 0.820. The molecule has 0 saturated carbocycles. The van der Waals surface area contributed by atoms with Gasteiger partial charge in [-0.15, -0.1) is 0 Å². The second-order valence-corrected chi connectivity index (χ2v) is 4.98. The molecule has 17 heavy (non-hydrogen) atoms. The minimum Gasteiger partial charge on any atom is -0.324 e. The number of halogens is 1.